The van der Waals surface area contributed by atoms with E-state index in [2.05, 4.69) is 24.4 Å². The smallest absolute Gasteiger partial charge is 0.236 e. The van der Waals surface area contributed by atoms with Crippen LogP contribution in [-0.4, -0.2) is 18.5 Å². The standard InChI is InChI=1S/C18H28N2O/c1-14(16-10-6-3-7-11-16)13-20-18(21)17(19)12-15-8-4-2-5-9-15/h3,6-7,10-11,14-15,17H,2,4-5,8-9,12-13,19H2,1H3,(H,20,21). The Morgan fingerprint density at radius 1 is 1.24 bits per heavy atom. The van der Waals surface area contributed by atoms with Crippen LogP contribution in [0.2, 0.25) is 0 Å². The maximum absolute atomic E-state index is 12.1. The molecule has 1 aliphatic rings. The van der Waals surface area contributed by atoms with Crippen molar-refractivity contribution in [1.29, 1.82) is 0 Å². The third-order valence-electron chi connectivity index (χ3n) is 4.60. The molecule has 0 radical (unpaired) electrons. The molecule has 21 heavy (non-hydrogen) atoms. The number of nitrogens with one attached hydrogen (secondary N) is 1. The van der Waals surface area contributed by atoms with Crippen molar-refractivity contribution in [3.05, 3.63) is 35.9 Å². The van der Waals surface area contributed by atoms with Gasteiger partial charge >= 0.3 is 0 Å². The Labute approximate surface area is 128 Å². The second-order valence-corrected chi connectivity index (χ2v) is 6.40. The summed E-state index contributed by atoms with van der Waals surface area (Å²) in [5.74, 6) is 0.964. The molecule has 1 aromatic rings. The van der Waals surface area contributed by atoms with E-state index in [0.717, 1.165) is 6.42 Å². The van der Waals surface area contributed by atoms with Gasteiger partial charge in [0.2, 0.25) is 5.91 Å². The van der Waals surface area contributed by atoms with E-state index in [4.69, 9.17) is 5.73 Å². The average Bonchev–Trinajstić information content (AvgIpc) is 2.54. The van der Waals surface area contributed by atoms with Crippen LogP contribution in [0.4, 0.5) is 0 Å². The fraction of sp³-hybridized carbons (Fsp3) is 0.611. The molecule has 2 atom stereocenters. The number of hydrogen-bond acceptors (Lipinski definition) is 2. The van der Waals surface area contributed by atoms with E-state index >= 15 is 0 Å². The molecule has 0 heterocycles. The Hall–Kier alpha value is -1.35. The predicted octanol–water partition coefficient (Wildman–Crippen LogP) is 3.20. The number of nitrogens with two attached hydrogens (primary N) is 1. The molecule has 0 bridgehead atoms. The summed E-state index contributed by atoms with van der Waals surface area (Å²) in [5, 5.41) is 3.01. The topological polar surface area (TPSA) is 55.1 Å². The Kier molecular flexibility index (Phi) is 6.24. The van der Waals surface area contributed by atoms with Crippen LogP contribution in [0.3, 0.4) is 0 Å². The minimum atomic E-state index is -0.351. The molecule has 3 nitrogen and oxygen atoms in total. The van der Waals surface area contributed by atoms with E-state index in [1.165, 1.54) is 37.7 Å². The van der Waals surface area contributed by atoms with Crippen LogP contribution in [0.5, 0.6) is 0 Å². The number of benzene rings is 1. The minimum Gasteiger partial charge on any atom is -0.354 e. The summed E-state index contributed by atoms with van der Waals surface area (Å²) in [7, 11) is 0. The minimum absolute atomic E-state index is 0.00311. The molecule has 2 rings (SSSR count). The fourth-order valence-corrected chi connectivity index (χ4v) is 3.17. The molecule has 116 valence electrons. The van der Waals surface area contributed by atoms with Gasteiger partial charge in [-0.1, -0.05) is 69.4 Å². The Morgan fingerprint density at radius 3 is 2.57 bits per heavy atom. The highest BCUT2D eigenvalue weighted by molar-refractivity contribution is 5.81. The van der Waals surface area contributed by atoms with E-state index in [-0.39, 0.29) is 11.9 Å². The molecular weight excluding hydrogens is 260 g/mol. The second-order valence-electron chi connectivity index (χ2n) is 6.40. The van der Waals surface area contributed by atoms with Crippen molar-refractivity contribution in [1.82, 2.24) is 5.32 Å². The Bertz CT molecular complexity index is 426. The van der Waals surface area contributed by atoms with Gasteiger partial charge in [-0.25, -0.2) is 0 Å². The quantitative estimate of drug-likeness (QED) is 0.844. The first kappa shape index (κ1) is 16.0. The lowest BCUT2D eigenvalue weighted by molar-refractivity contribution is -0.122. The predicted molar refractivity (Wildman–Crippen MR) is 87.0 cm³/mol. The van der Waals surface area contributed by atoms with Gasteiger partial charge in [0.15, 0.2) is 0 Å². The molecule has 0 aliphatic heterocycles. The number of carbonyl (C=O) groups excluding carboxylic acids is 1. The van der Waals surface area contributed by atoms with E-state index in [0.29, 0.717) is 18.4 Å². The molecule has 1 aliphatic carbocycles. The van der Waals surface area contributed by atoms with Crippen LogP contribution >= 0.6 is 0 Å². The Balaban J connectivity index is 1.73. The van der Waals surface area contributed by atoms with Gasteiger partial charge in [0, 0.05) is 6.54 Å². The van der Waals surface area contributed by atoms with Gasteiger partial charge < -0.3 is 11.1 Å². The number of rotatable bonds is 6. The van der Waals surface area contributed by atoms with Gasteiger partial charge in [-0.2, -0.15) is 0 Å². The lowest BCUT2D eigenvalue weighted by atomic mass is 9.85. The van der Waals surface area contributed by atoms with Crippen LogP contribution < -0.4 is 11.1 Å². The van der Waals surface area contributed by atoms with Gasteiger partial charge in [0.1, 0.15) is 0 Å². The van der Waals surface area contributed by atoms with Crippen molar-refractivity contribution in [3.8, 4) is 0 Å². The van der Waals surface area contributed by atoms with Crippen molar-refractivity contribution in [3.63, 3.8) is 0 Å². The molecule has 1 amide bonds. The zero-order chi connectivity index (χ0) is 15.1. The Morgan fingerprint density at radius 2 is 1.90 bits per heavy atom. The molecule has 3 N–H and O–H groups in total. The number of carbonyl (C=O) groups is 1. The highest BCUT2D eigenvalue weighted by Crippen LogP contribution is 2.27. The van der Waals surface area contributed by atoms with Crippen molar-refractivity contribution in [2.45, 2.75) is 57.4 Å². The molecule has 1 aromatic carbocycles. The average molecular weight is 288 g/mol. The first-order valence-electron chi connectivity index (χ1n) is 8.25. The van der Waals surface area contributed by atoms with E-state index < -0.39 is 0 Å². The zero-order valence-electron chi connectivity index (χ0n) is 13.1. The van der Waals surface area contributed by atoms with Crippen LogP contribution in [0.15, 0.2) is 30.3 Å². The normalized spacial score (nSPS) is 19.0. The molecule has 2 unspecified atom stereocenters. The number of amides is 1. The third kappa shape index (κ3) is 5.16. The fourth-order valence-electron chi connectivity index (χ4n) is 3.17. The van der Waals surface area contributed by atoms with Crippen LogP contribution in [0.1, 0.15) is 56.9 Å². The summed E-state index contributed by atoms with van der Waals surface area (Å²) in [6.07, 6.45) is 7.25. The summed E-state index contributed by atoms with van der Waals surface area (Å²) in [5.41, 5.74) is 7.31. The maximum atomic E-state index is 12.1. The molecule has 0 saturated heterocycles. The first-order chi connectivity index (χ1) is 10.2. The SMILES string of the molecule is CC(CNC(=O)C(N)CC1CCCCC1)c1ccccc1. The molecular formula is C18H28N2O. The van der Waals surface area contributed by atoms with Gasteiger partial charge in [-0.05, 0) is 23.8 Å². The largest absolute Gasteiger partial charge is 0.354 e. The summed E-state index contributed by atoms with van der Waals surface area (Å²) >= 11 is 0. The summed E-state index contributed by atoms with van der Waals surface area (Å²) in [6.45, 7) is 2.78. The van der Waals surface area contributed by atoms with Gasteiger partial charge in [0.25, 0.3) is 0 Å². The molecule has 1 saturated carbocycles. The third-order valence-corrected chi connectivity index (χ3v) is 4.60. The van der Waals surface area contributed by atoms with E-state index in [1.54, 1.807) is 0 Å². The van der Waals surface area contributed by atoms with E-state index in [9.17, 15) is 4.79 Å². The molecule has 0 aromatic heterocycles. The van der Waals surface area contributed by atoms with Crippen LogP contribution in [-0.2, 0) is 4.79 Å². The maximum Gasteiger partial charge on any atom is 0.236 e. The van der Waals surface area contributed by atoms with Gasteiger partial charge in [-0.15, -0.1) is 0 Å². The van der Waals surface area contributed by atoms with Crippen molar-refractivity contribution in [2.24, 2.45) is 11.7 Å². The van der Waals surface area contributed by atoms with Crippen LogP contribution in [0, 0.1) is 5.92 Å². The summed E-state index contributed by atoms with van der Waals surface area (Å²) < 4.78 is 0. The molecule has 0 spiro atoms. The summed E-state index contributed by atoms with van der Waals surface area (Å²) in [6, 6.07) is 9.91. The molecule has 3 heteroatoms. The van der Waals surface area contributed by atoms with Crippen LogP contribution in [0.25, 0.3) is 0 Å². The molecule has 1 fully saturated rings. The zero-order valence-corrected chi connectivity index (χ0v) is 13.1. The number of hydrogen-bond donors (Lipinski definition) is 2. The first-order valence-corrected chi connectivity index (χ1v) is 8.25. The highest BCUT2D eigenvalue weighted by atomic mass is 16.2. The van der Waals surface area contributed by atoms with Crippen molar-refractivity contribution in [2.75, 3.05) is 6.54 Å². The lowest BCUT2D eigenvalue weighted by Crippen LogP contribution is -2.43. The van der Waals surface area contributed by atoms with Crippen molar-refractivity contribution >= 4 is 5.91 Å². The lowest BCUT2D eigenvalue weighted by Gasteiger charge is -2.24. The highest BCUT2D eigenvalue weighted by Gasteiger charge is 2.21. The second kappa shape index (κ2) is 8.18. The van der Waals surface area contributed by atoms with Gasteiger partial charge in [0.05, 0.1) is 6.04 Å². The summed E-state index contributed by atoms with van der Waals surface area (Å²) in [4.78, 5) is 12.1. The van der Waals surface area contributed by atoms with Gasteiger partial charge in [-0.3, -0.25) is 4.79 Å². The van der Waals surface area contributed by atoms with Crippen molar-refractivity contribution < 1.29 is 4.79 Å². The monoisotopic (exact) mass is 288 g/mol. The van der Waals surface area contributed by atoms with E-state index in [1.807, 2.05) is 18.2 Å².